The Morgan fingerprint density at radius 3 is 2.44 bits per heavy atom. The molecule has 2 saturated carbocycles. The molecule has 3 aliphatic rings. The number of nitrogens with one attached hydrogen (secondary N) is 2. The normalized spacial score (nSPS) is 34.9. The quantitative estimate of drug-likeness (QED) is 0.493. The minimum Gasteiger partial charge on any atom is -0.390 e. The second-order valence-electron chi connectivity index (χ2n) is 11.5. The van der Waals surface area contributed by atoms with Crippen LogP contribution in [0.5, 0.6) is 0 Å². The van der Waals surface area contributed by atoms with Crippen LogP contribution in [0, 0.1) is 16.7 Å². The molecule has 184 valence electrons. The Hall–Kier alpha value is -1.18. The fraction of sp³-hybridized carbons (Fsp3) is 0.920. The van der Waals surface area contributed by atoms with Gasteiger partial charge in [0.05, 0.1) is 12.2 Å². The van der Waals surface area contributed by atoms with Crippen molar-refractivity contribution in [2.24, 2.45) is 16.7 Å². The third-order valence-corrected chi connectivity index (χ3v) is 8.66. The van der Waals surface area contributed by atoms with Gasteiger partial charge in [-0.25, -0.2) is 0 Å². The Morgan fingerprint density at radius 2 is 1.81 bits per heavy atom. The SMILES string of the molecule is COCCNC(=O)CCC12CCC(C)(O)CC1C(C)(C)CC2NC1CCN(C(C)=O)CC1. The molecule has 3 N–H and O–H groups in total. The van der Waals surface area contributed by atoms with Crippen LogP contribution in [-0.4, -0.2) is 72.9 Å². The number of carbonyl (C=O) groups excluding carboxylic acids is 2. The molecule has 4 unspecified atom stereocenters. The van der Waals surface area contributed by atoms with Crippen LogP contribution in [0.15, 0.2) is 0 Å². The van der Waals surface area contributed by atoms with Crippen molar-refractivity contribution < 1.29 is 19.4 Å². The number of ether oxygens (including phenoxy) is 1. The van der Waals surface area contributed by atoms with E-state index in [1.807, 2.05) is 11.8 Å². The second kappa shape index (κ2) is 9.98. The van der Waals surface area contributed by atoms with Gasteiger partial charge in [0.1, 0.15) is 0 Å². The fourth-order valence-corrected chi connectivity index (χ4v) is 6.84. The van der Waals surface area contributed by atoms with Gasteiger partial charge in [-0.1, -0.05) is 13.8 Å². The lowest BCUT2D eigenvalue weighted by Crippen LogP contribution is -2.55. The van der Waals surface area contributed by atoms with Crippen LogP contribution in [0.2, 0.25) is 0 Å². The molecule has 1 aliphatic heterocycles. The Balaban J connectivity index is 1.74. The van der Waals surface area contributed by atoms with Crippen LogP contribution in [0.1, 0.15) is 79.1 Å². The zero-order chi connectivity index (χ0) is 23.6. The molecule has 0 aromatic carbocycles. The molecule has 3 rings (SSSR count). The summed E-state index contributed by atoms with van der Waals surface area (Å²) in [6.45, 7) is 11.0. The Morgan fingerprint density at radius 1 is 1.12 bits per heavy atom. The first kappa shape index (κ1) is 25.4. The molecule has 7 heteroatoms. The summed E-state index contributed by atoms with van der Waals surface area (Å²) in [5, 5.41) is 17.9. The number of likely N-dealkylation sites (tertiary alicyclic amines) is 1. The van der Waals surface area contributed by atoms with Crippen molar-refractivity contribution in [2.75, 3.05) is 33.4 Å². The number of methoxy groups -OCH3 is 1. The molecule has 0 spiro atoms. The third-order valence-electron chi connectivity index (χ3n) is 8.66. The molecule has 0 bridgehead atoms. The summed E-state index contributed by atoms with van der Waals surface area (Å²) in [4.78, 5) is 26.2. The lowest BCUT2D eigenvalue weighted by atomic mass is 9.57. The summed E-state index contributed by atoms with van der Waals surface area (Å²) in [5.41, 5.74) is -0.509. The topological polar surface area (TPSA) is 90.9 Å². The van der Waals surface area contributed by atoms with Crippen molar-refractivity contribution in [3.63, 3.8) is 0 Å². The number of fused-ring (bicyclic) bond motifs is 1. The molecule has 2 amide bonds. The monoisotopic (exact) mass is 451 g/mol. The number of aliphatic hydroxyl groups is 1. The van der Waals surface area contributed by atoms with Gasteiger partial charge >= 0.3 is 0 Å². The van der Waals surface area contributed by atoms with Crippen molar-refractivity contribution in [1.29, 1.82) is 0 Å². The number of hydrogen-bond donors (Lipinski definition) is 3. The van der Waals surface area contributed by atoms with Gasteiger partial charge in [0.25, 0.3) is 0 Å². The Bertz CT molecular complexity index is 672. The van der Waals surface area contributed by atoms with E-state index in [1.165, 1.54) is 0 Å². The summed E-state index contributed by atoms with van der Waals surface area (Å²) in [7, 11) is 1.64. The molecule has 7 nitrogen and oxygen atoms in total. The van der Waals surface area contributed by atoms with Gasteiger partial charge in [-0.3, -0.25) is 9.59 Å². The van der Waals surface area contributed by atoms with Crippen LogP contribution in [-0.2, 0) is 14.3 Å². The Labute approximate surface area is 194 Å². The maximum atomic E-state index is 12.6. The highest BCUT2D eigenvalue weighted by atomic mass is 16.5. The molecule has 4 atom stereocenters. The lowest BCUT2D eigenvalue weighted by Gasteiger charge is -2.51. The van der Waals surface area contributed by atoms with E-state index < -0.39 is 5.60 Å². The minimum absolute atomic E-state index is 0.0159. The molecule has 1 saturated heterocycles. The predicted octanol–water partition coefficient (Wildman–Crippen LogP) is 2.47. The van der Waals surface area contributed by atoms with Crippen LogP contribution < -0.4 is 10.6 Å². The van der Waals surface area contributed by atoms with E-state index >= 15 is 0 Å². The van der Waals surface area contributed by atoms with Gasteiger partial charge < -0.3 is 25.4 Å². The fourth-order valence-electron chi connectivity index (χ4n) is 6.84. The molecule has 0 aromatic heterocycles. The van der Waals surface area contributed by atoms with Crippen LogP contribution in [0.25, 0.3) is 0 Å². The molecule has 0 aromatic rings. The van der Waals surface area contributed by atoms with Crippen LogP contribution in [0.3, 0.4) is 0 Å². The van der Waals surface area contributed by atoms with Crippen LogP contribution >= 0.6 is 0 Å². The number of piperidine rings is 1. The molecular formula is C25H45N3O4. The Kier molecular flexibility index (Phi) is 7.93. The number of nitrogens with zero attached hydrogens (tertiary/aromatic N) is 1. The van der Waals surface area contributed by atoms with Crippen molar-refractivity contribution in [1.82, 2.24) is 15.5 Å². The van der Waals surface area contributed by atoms with E-state index in [-0.39, 0.29) is 22.6 Å². The third kappa shape index (κ3) is 5.65. The molecule has 32 heavy (non-hydrogen) atoms. The molecular weight excluding hydrogens is 406 g/mol. The summed E-state index contributed by atoms with van der Waals surface area (Å²) in [6.07, 6.45) is 6.91. The van der Waals surface area contributed by atoms with E-state index in [4.69, 9.17) is 4.74 Å². The first-order chi connectivity index (χ1) is 15.0. The standard InChI is InChI=1S/C25H45N3O4/c1-18(29)28-13-7-19(8-14-28)27-21-17-23(2,3)20-16-24(4,31)10-11-25(20,21)9-6-22(30)26-12-15-32-5/h19-21,27,31H,6-17H2,1-5H3,(H,26,30). The van der Waals surface area contributed by atoms with Gasteiger partial charge in [0.2, 0.25) is 11.8 Å². The first-order valence-electron chi connectivity index (χ1n) is 12.5. The van der Waals surface area contributed by atoms with Gasteiger partial charge in [-0.15, -0.1) is 0 Å². The predicted molar refractivity (Wildman–Crippen MR) is 125 cm³/mol. The number of carbonyl (C=O) groups is 2. The summed E-state index contributed by atoms with van der Waals surface area (Å²) in [6, 6.07) is 0.735. The molecule has 0 radical (unpaired) electrons. The number of amides is 2. The largest absolute Gasteiger partial charge is 0.390 e. The van der Waals surface area contributed by atoms with Crippen molar-refractivity contribution in [3.8, 4) is 0 Å². The van der Waals surface area contributed by atoms with E-state index in [0.29, 0.717) is 37.6 Å². The van der Waals surface area contributed by atoms with Gasteiger partial charge in [0.15, 0.2) is 0 Å². The average molecular weight is 452 g/mol. The van der Waals surface area contributed by atoms with E-state index in [9.17, 15) is 14.7 Å². The molecule has 3 fully saturated rings. The van der Waals surface area contributed by atoms with E-state index in [1.54, 1.807) is 14.0 Å². The lowest BCUT2D eigenvalue weighted by molar-refractivity contribution is -0.130. The highest BCUT2D eigenvalue weighted by molar-refractivity contribution is 5.76. The highest BCUT2D eigenvalue weighted by Crippen LogP contribution is 2.64. The molecule has 1 heterocycles. The van der Waals surface area contributed by atoms with Crippen LogP contribution in [0.4, 0.5) is 0 Å². The van der Waals surface area contributed by atoms with Gasteiger partial charge in [0, 0.05) is 52.2 Å². The zero-order valence-electron chi connectivity index (χ0n) is 20.8. The smallest absolute Gasteiger partial charge is 0.220 e. The van der Waals surface area contributed by atoms with E-state index in [2.05, 4.69) is 24.5 Å². The number of rotatable bonds is 8. The second-order valence-corrected chi connectivity index (χ2v) is 11.5. The maximum Gasteiger partial charge on any atom is 0.220 e. The summed E-state index contributed by atoms with van der Waals surface area (Å²) in [5.74, 6) is 0.627. The summed E-state index contributed by atoms with van der Waals surface area (Å²) < 4.78 is 5.05. The van der Waals surface area contributed by atoms with E-state index in [0.717, 1.165) is 58.0 Å². The zero-order valence-corrected chi connectivity index (χ0v) is 20.8. The highest BCUT2D eigenvalue weighted by Gasteiger charge is 2.61. The first-order valence-corrected chi connectivity index (χ1v) is 12.5. The summed E-state index contributed by atoms with van der Waals surface area (Å²) >= 11 is 0. The number of hydrogen-bond acceptors (Lipinski definition) is 5. The maximum absolute atomic E-state index is 12.6. The van der Waals surface area contributed by atoms with Crippen molar-refractivity contribution >= 4 is 11.8 Å². The van der Waals surface area contributed by atoms with Crippen molar-refractivity contribution in [3.05, 3.63) is 0 Å². The minimum atomic E-state index is -0.631. The average Bonchev–Trinajstić information content (AvgIpc) is 2.93. The van der Waals surface area contributed by atoms with Gasteiger partial charge in [-0.05, 0) is 68.6 Å². The molecule has 2 aliphatic carbocycles. The van der Waals surface area contributed by atoms with Gasteiger partial charge in [-0.2, -0.15) is 0 Å². The van der Waals surface area contributed by atoms with Crippen molar-refractivity contribution in [2.45, 2.75) is 96.7 Å².